The SMILES string of the molecule is O=C(O)c1ccc(COc2ccc(Br)cc2/C=C2/SC(=O)N(CC(=O)N3CCCC3)C2=O)cc1. The van der Waals surface area contributed by atoms with Crippen LogP contribution in [0.25, 0.3) is 6.08 Å². The number of carbonyl (C=O) groups excluding carboxylic acids is 3. The van der Waals surface area contributed by atoms with Crippen LogP contribution in [0.4, 0.5) is 4.79 Å². The monoisotopic (exact) mass is 544 g/mol. The molecule has 0 spiro atoms. The summed E-state index contributed by atoms with van der Waals surface area (Å²) in [5.41, 5.74) is 1.56. The Bertz CT molecular complexity index is 1170. The molecule has 0 bridgehead atoms. The van der Waals surface area contributed by atoms with E-state index in [0.29, 0.717) is 24.4 Å². The van der Waals surface area contributed by atoms with E-state index in [4.69, 9.17) is 9.84 Å². The number of carbonyl (C=O) groups is 4. The average Bonchev–Trinajstić information content (AvgIpc) is 3.44. The van der Waals surface area contributed by atoms with Gasteiger partial charge in [-0.15, -0.1) is 0 Å². The van der Waals surface area contributed by atoms with E-state index >= 15 is 0 Å². The minimum atomic E-state index is -1.00. The van der Waals surface area contributed by atoms with Crippen LogP contribution in [0.5, 0.6) is 5.75 Å². The molecule has 2 aliphatic rings. The van der Waals surface area contributed by atoms with Crippen LogP contribution >= 0.6 is 27.7 Å². The number of nitrogens with zero attached hydrogens (tertiary/aromatic N) is 2. The van der Waals surface area contributed by atoms with Crippen LogP contribution in [0.15, 0.2) is 51.8 Å². The number of imide groups is 1. The Kier molecular flexibility index (Phi) is 7.38. The molecule has 0 radical (unpaired) electrons. The molecule has 34 heavy (non-hydrogen) atoms. The molecule has 2 aliphatic heterocycles. The second kappa shape index (κ2) is 10.4. The Balaban J connectivity index is 1.49. The number of likely N-dealkylation sites (tertiary alicyclic amines) is 1. The molecule has 10 heteroatoms. The lowest BCUT2D eigenvalue weighted by Gasteiger charge is -2.18. The molecule has 2 fully saturated rings. The van der Waals surface area contributed by atoms with Crippen molar-refractivity contribution in [2.75, 3.05) is 19.6 Å². The van der Waals surface area contributed by atoms with Gasteiger partial charge in [-0.25, -0.2) is 4.79 Å². The largest absolute Gasteiger partial charge is 0.488 e. The highest BCUT2D eigenvalue weighted by Gasteiger charge is 2.37. The fraction of sp³-hybridized carbons (Fsp3) is 0.250. The van der Waals surface area contributed by atoms with E-state index in [9.17, 15) is 19.2 Å². The van der Waals surface area contributed by atoms with E-state index in [-0.39, 0.29) is 29.5 Å². The zero-order valence-corrected chi connectivity index (χ0v) is 20.4. The van der Waals surface area contributed by atoms with Gasteiger partial charge in [-0.1, -0.05) is 28.1 Å². The summed E-state index contributed by atoms with van der Waals surface area (Å²) in [6, 6.07) is 11.6. The first-order valence-electron chi connectivity index (χ1n) is 10.6. The van der Waals surface area contributed by atoms with Gasteiger partial charge in [-0.2, -0.15) is 0 Å². The van der Waals surface area contributed by atoms with Crippen molar-refractivity contribution >= 4 is 56.8 Å². The lowest BCUT2D eigenvalue weighted by atomic mass is 10.1. The van der Waals surface area contributed by atoms with Gasteiger partial charge in [0.05, 0.1) is 10.5 Å². The van der Waals surface area contributed by atoms with E-state index in [0.717, 1.165) is 39.5 Å². The van der Waals surface area contributed by atoms with Crippen molar-refractivity contribution in [3.05, 3.63) is 68.5 Å². The number of amides is 3. The maximum atomic E-state index is 12.9. The summed E-state index contributed by atoms with van der Waals surface area (Å²) >= 11 is 4.21. The number of rotatable bonds is 7. The van der Waals surface area contributed by atoms with Gasteiger partial charge in [0.25, 0.3) is 11.1 Å². The molecule has 0 atom stereocenters. The third-order valence-electron chi connectivity index (χ3n) is 5.48. The number of thioether (sulfide) groups is 1. The third kappa shape index (κ3) is 5.51. The standard InChI is InChI=1S/C24H21BrN2O6S/c25-18-7-8-19(33-14-15-3-5-16(6-4-15)23(30)31)17(11-18)12-20-22(29)27(24(32)34-20)13-21(28)26-9-1-2-10-26/h3-8,11-12H,1-2,9-10,13-14H2,(H,30,31)/b20-12+. The summed E-state index contributed by atoms with van der Waals surface area (Å²) < 4.78 is 6.68. The van der Waals surface area contributed by atoms with E-state index in [1.165, 1.54) is 12.1 Å². The first-order chi connectivity index (χ1) is 16.3. The Morgan fingerprint density at radius 1 is 1.09 bits per heavy atom. The molecule has 0 aromatic heterocycles. The topological polar surface area (TPSA) is 104 Å². The molecule has 0 unspecified atom stereocenters. The maximum Gasteiger partial charge on any atom is 0.335 e. The normalized spacial score (nSPS) is 17.0. The number of aromatic carboxylic acids is 1. The van der Waals surface area contributed by atoms with E-state index in [1.54, 1.807) is 41.3 Å². The van der Waals surface area contributed by atoms with Gasteiger partial charge in [0, 0.05) is 23.1 Å². The number of carboxylic acid groups (broad SMARTS) is 1. The number of hydrogen-bond acceptors (Lipinski definition) is 6. The first kappa shape index (κ1) is 24.0. The molecule has 0 saturated carbocycles. The molecule has 0 aliphatic carbocycles. The van der Waals surface area contributed by atoms with Crippen LogP contribution < -0.4 is 4.74 Å². The molecule has 2 aromatic rings. The number of hydrogen-bond donors (Lipinski definition) is 1. The van der Waals surface area contributed by atoms with Crippen molar-refractivity contribution in [2.45, 2.75) is 19.4 Å². The van der Waals surface area contributed by atoms with Gasteiger partial charge in [0.1, 0.15) is 18.9 Å². The summed E-state index contributed by atoms with van der Waals surface area (Å²) in [5.74, 6) is -1.23. The molecule has 2 aromatic carbocycles. The van der Waals surface area contributed by atoms with E-state index in [1.807, 2.05) is 0 Å². The number of carboxylic acids is 1. The molecular weight excluding hydrogens is 524 g/mol. The Labute approximate surface area is 208 Å². The van der Waals surface area contributed by atoms with E-state index < -0.39 is 17.1 Å². The number of halogens is 1. The highest BCUT2D eigenvalue weighted by atomic mass is 79.9. The fourth-order valence-corrected chi connectivity index (χ4v) is 4.86. The number of ether oxygens (including phenoxy) is 1. The van der Waals surface area contributed by atoms with Crippen molar-refractivity contribution in [3.63, 3.8) is 0 Å². The highest BCUT2D eigenvalue weighted by Crippen LogP contribution is 2.35. The van der Waals surface area contributed by atoms with Crippen molar-refractivity contribution in [3.8, 4) is 5.75 Å². The molecular formula is C24H21BrN2O6S. The minimum absolute atomic E-state index is 0.187. The maximum absolute atomic E-state index is 12.9. The van der Waals surface area contributed by atoms with Crippen molar-refractivity contribution in [2.24, 2.45) is 0 Å². The Morgan fingerprint density at radius 2 is 1.79 bits per heavy atom. The summed E-state index contributed by atoms with van der Waals surface area (Å²) in [6.45, 7) is 1.25. The van der Waals surface area contributed by atoms with Gasteiger partial charge in [-0.3, -0.25) is 19.3 Å². The van der Waals surface area contributed by atoms with Gasteiger partial charge in [0.2, 0.25) is 5.91 Å². The summed E-state index contributed by atoms with van der Waals surface area (Å²) in [4.78, 5) is 51.6. The molecule has 176 valence electrons. The van der Waals surface area contributed by atoms with Crippen LogP contribution in [0.3, 0.4) is 0 Å². The quantitative estimate of drug-likeness (QED) is 0.515. The summed E-state index contributed by atoms with van der Waals surface area (Å²) in [7, 11) is 0. The van der Waals surface area contributed by atoms with Gasteiger partial charge in [0.15, 0.2) is 0 Å². The molecule has 8 nitrogen and oxygen atoms in total. The van der Waals surface area contributed by atoms with Crippen LogP contribution in [0.2, 0.25) is 0 Å². The predicted molar refractivity (Wildman–Crippen MR) is 130 cm³/mol. The third-order valence-corrected chi connectivity index (χ3v) is 6.88. The number of benzene rings is 2. The van der Waals surface area contributed by atoms with Gasteiger partial charge in [-0.05, 0) is 66.6 Å². The smallest absolute Gasteiger partial charge is 0.335 e. The molecule has 2 saturated heterocycles. The zero-order valence-electron chi connectivity index (χ0n) is 18.0. The Hall–Kier alpha value is -3.11. The summed E-state index contributed by atoms with van der Waals surface area (Å²) in [6.07, 6.45) is 3.45. The van der Waals surface area contributed by atoms with Crippen molar-refractivity contribution in [1.82, 2.24) is 9.80 Å². The molecule has 2 heterocycles. The van der Waals surface area contributed by atoms with Crippen LogP contribution in [0, 0.1) is 0 Å². The second-order valence-electron chi connectivity index (χ2n) is 7.83. The summed E-state index contributed by atoms with van der Waals surface area (Å²) in [5, 5.41) is 8.55. The first-order valence-corrected chi connectivity index (χ1v) is 12.2. The van der Waals surface area contributed by atoms with E-state index in [2.05, 4.69) is 15.9 Å². The van der Waals surface area contributed by atoms with Crippen molar-refractivity contribution < 1.29 is 29.0 Å². The predicted octanol–water partition coefficient (Wildman–Crippen LogP) is 4.39. The molecule has 1 N–H and O–H groups in total. The lowest BCUT2D eigenvalue weighted by molar-refractivity contribution is -0.135. The minimum Gasteiger partial charge on any atom is -0.488 e. The molecule has 3 amide bonds. The van der Waals surface area contributed by atoms with Gasteiger partial charge >= 0.3 is 5.97 Å². The molecule has 4 rings (SSSR count). The highest BCUT2D eigenvalue weighted by molar-refractivity contribution is 9.10. The second-order valence-corrected chi connectivity index (χ2v) is 9.74. The zero-order chi connectivity index (χ0) is 24.2. The lowest BCUT2D eigenvalue weighted by Crippen LogP contribution is -2.40. The van der Waals surface area contributed by atoms with Crippen LogP contribution in [0.1, 0.15) is 34.3 Å². The fourth-order valence-electron chi connectivity index (χ4n) is 3.65. The van der Waals surface area contributed by atoms with Gasteiger partial charge < -0.3 is 14.7 Å². The average molecular weight is 545 g/mol. The van der Waals surface area contributed by atoms with Crippen molar-refractivity contribution in [1.29, 1.82) is 0 Å². The van der Waals surface area contributed by atoms with Crippen LogP contribution in [-0.4, -0.2) is 57.6 Å². The Morgan fingerprint density at radius 3 is 2.47 bits per heavy atom. The van der Waals surface area contributed by atoms with Crippen LogP contribution in [-0.2, 0) is 16.2 Å².